The van der Waals surface area contributed by atoms with Crippen LogP contribution in [0.2, 0.25) is 0 Å². The van der Waals surface area contributed by atoms with E-state index >= 15 is 0 Å². The fourth-order valence-electron chi connectivity index (χ4n) is 7.61. The van der Waals surface area contributed by atoms with Crippen LogP contribution in [0.25, 0.3) is 0 Å². The fourth-order valence-corrected chi connectivity index (χ4v) is 8.72. The first-order valence-electron chi connectivity index (χ1n) is 19.7. The normalized spacial score (nSPS) is 16.4. The molecule has 0 unspecified atom stereocenters. The van der Waals surface area contributed by atoms with Gasteiger partial charge in [0.05, 0.1) is 51.4 Å². The SMILES string of the molecule is COc1ccc(C(OC[C@H]2O[C@@H](n3cc(C)c(=O)n(Cc4ccc(OC)cc4OC)c3=O)C[C@H]2OS(=O)(=O)c2ccc([N+](=O)[O-])cc2)(c2ccccc2)c2ccc(OC)cc2)cc1. The molecule has 7 rings (SSSR count). The topological polar surface area (TPSA) is 186 Å². The maximum absolute atomic E-state index is 14.4. The molecular formula is C46H45N3O13S. The Morgan fingerprint density at radius 3 is 1.89 bits per heavy atom. The molecule has 0 amide bonds. The maximum atomic E-state index is 14.4. The van der Waals surface area contributed by atoms with E-state index in [9.17, 15) is 28.1 Å². The second-order valence-corrected chi connectivity index (χ2v) is 16.2. The molecule has 0 aliphatic carbocycles. The second-order valence-electron chi connectivity index (χ2n) is 14.6. The molecule has 3 atom stereocenters. The molecule has 5 aromatic carbocycles. The Labute approximate surface area is 363 Å². The number of non-ortho nitro benzene ring substituents is 1. The van der Waals surface area contributed by atoms with Crippen LogP contribution >= 0.6 is 0 Å². The molecule has 17 heteroatoms. The molecule has 63 heavy (non-hydrogen) atoms. The third-order valence-electron chi connectivity index (χ3n) is 10.9. The molecule has 0 radical (unpaired) electrons. The van der Waals surface area contributed by atoms with Gasteiger partial charge in [0, 0.05) is 41.9 Å². The van der Waals surface area contributed by atoms with Crippen molar-refractivity contribution >= 4 is 15.8 Å². The van der Waals surface area contributed by atoms with Crippen LogP contribution in [0.3, 0.4) is 0 Å². The van der Waals surface area contributed by atoms with Gasteiger partial charge in [-0.1, -0.05) is 54.6 Å². The highest BCUT2D eigenvalue weighted by Crippen LogP contribution is 2.43. The Kier molecular flexibility index (Phi) is 13.1. The molecule has 6 aromatic rings. The Morgan fingerprint density at radius 1 is 0.762 bits per heavy atom. The van der Waals surface area contributed by atoms with Crippen LogP contribution in [-0.2, 0) is 35.9 Å². The number of methoxy groups -OCH3 is 4. The van der Waals surface area contributed by atoms with Gasteiger partial charge in [-0.2, -0.15) is 8.42 Å². The molecule has 1 saturated heterocycles. The number of hydrogen-bond acceptors (Lipinski definition) is 13. The van der Waals surface area contributed by atoms with Crippen molar-refractivity contribution < 1.29 is 45.9 Å². The third-order valence-corrected chi connectivity index (χ3v) is 12.3. The molecule has 0 N–H and O–H groups in total. The molecular weight excluding hydrogens is 835 g/mol. The summed E-state index contributed by atoms with van der Waals surface area (Å²) in [5.41, 5.74) is -0.0947. The average Bonchev–Trinajstić information content (AvgIpc) is 3.70. The van der Waals surface area contributed by atoms with E-state index in [-0.39, 0.29) is 35.7 Å². The summed E-state index contributed by atoms with van der Waals surface area (Å²) in [7, 11) is 1.50. The minimum atomic E-state index is -4.59. The lowest BCUT2D eigenvalue weighted by molar-refractivity contribution is -0.384. The van der Waals surface area contributed by atoms with Crippen LogP contribution in [0.1, 0.15) is 40.5 Å². The van der Waals surface area contributed by atoms with Gasteiger partial charge in [0.25, 0.3) is 21.4 Å². The van der Waals surface area contributed by atoms with Crippen LogP contribution < -0.4 is 30.2 Å². The van der Waals surface area contributed by atoms with Crippen molar-refractivity contribution in [2.75, 3.05) is 35.0 Å². The van der Waals surface area contributed by atoms with Crippen LogP contribution in [-0.4, -0.2) is 69.7 Å². The molecule has 1 fully saturated rings. The van der Waals surface area contributed by atoms with Gasteiger partial charge in [-0.3, -0.25) is 28.2 Å². The van der Waals surface area contributed by atoms with Gasteiger partial charge in [0.2, 0.25) is 0 Å². The third kappa shape index (κ3) is 9.08. The van der Waals surface area contributed by atoms with Crippen LogP contribution in [0.5, 0.6) is 23.0 Å². The van der Waals surface area contributed by atoms with E-state index in [4.69, 9.17) is 32.6 Å². The summed E-state index contributed by atoms with van der Waals surface area (Å²) in [5.74, 6) is 2.12. The molecule has 328 valence electrons. The van der Waals surface area contributed by atoms with E-state index in [0.717, 1.165) is 34.4 Å². The lowest BCUT2D eigenvalue weighted by Crippen LogP contribution is -2.42. The van der Waals surface area contributed by atoms with Gasteiger partial charge >= 0.3 is 5.69 Å². The molecule has 0 bridgehead atoms. The van der Waals surface area contributed by atoms with E-state index in [1.54, 1.807) is 63.6 Å². The Hall–Kier alpha value is -6.79. The minimum Gasteiger partial charge on any atom is -0.497 e. The van der Waals surface area contributed by atoms with E-state index in [0.29, 0.717) is 39.7 Å². The first-order chi connectivity index (χ1) is 30.3. The van der Waals surface area contributed by atoms with Gasteiger partial charge in [-0.15, -0.1) is 0 Å². The number of nitrogens with zero attached hydrogens (tertiary/aromatic N) is 3. The van der Waals surface area contributed by atoms with Crippen LogP contribution in [0, 0.1) is 17.0 Å². The standard InChI is InChI=1S/C46H45N3O13S/c1-30-27-47(45(51)48(44(30)50)28-31-11-18-38(58-4)25-40(31)59-5)43-26-41(62-63(54,55)39-23-16-35(17-24-39)49(52)53)42(61-43)29-60-46(32-9-7-6-8-10-32,33-12-19-36(56-2)20-13-33)34-14-21-37(57-3)22-15-34/h6-25,27,41-43H,26,28-29H2,1-5H3/t41-,42-,43-/m1/s1. The van der Waals surface area contributed by atoms with Crippen molar-refractivity contribution in [1.82, 2.24) is 9.13 Å². The van der Waals surface area contributed by atoms with Crippen molar-refractivity contribution in [3.8, 4) is 23.0 Å². The molecule has 0 saturated carbocycles. The number of rotatable bonds is 17. The highest BCUT2D eigenvalue weighted by atomic mass is 32.2. The summed E-state index contributed by atoms with van der Waals surface area (Å²) in [4.78, 5) is 38.3. The lowest BCUT2D eigenvalue weighted by atomic mass is 9.80. The Morgan fingerprint density at radius 2 is 1.33 bits per heavy atom. The maximum Gasteiger partial charge on any atom is 0.333 e. The number of aromatic nitrogens is 2. The lowest BCUT2D eigenvalue weighted by Gasteiger charge is -2.37. The van der Waals surface area contributed by atoms with Gasteiger partial charge in [-0.25, -0.2) is 4.79 Å². The number of nitro benzene ring substituents is 1. The Bertz CT molecular complexity index is 2750. The van der Waals surface area contributed by atoms with Crippen molar-refractivity contribution in [2.45, 2.75) is 48.8 Å². The first kappa shape index (κ1) is 44.3. The first-order valence-corrected chi connectivity index (χ1v) is 21.1. The zero-order valence-electron chi connectivity index (χ0n) is 35.0. The molecule has 1 aliphatic rings. The number of benzene rings is 5. The summed E-state index contributed by atoms with van der Waals surface area (Å²) in [5, 5.41) is 11.4. The molecule has 1 aromatic heterocycles. The number of nitro groups is 1. The van der Waals surface area contributed by atoms with E-state index in [1.165, 1.54) is 25.0 Å². The Balaban J connectivity index is 1.32. The van der Waals surface area contributed by atoms with Gasteiger partial charge in [-0.05, 0) is 72.1 Å². The summed E-state index contributed by atoms with van der Waals surface area (Å²) < 4.78 is 71.5. The predicted molar refractivity (Wildman–Crippen MR) is 230 cm³/mol. The molecule has 2 heterocycles. The zero-order chi connectivity index (χ0) is 44.9. The van der Waals surface area contributed by atoms with Crippen molar-refractivity contribution in [3.05, 3.63) is 186 Å². The van der Waals surface area contributed by atoms with E-state index in [1.807, 2.05) is 54.6 Å². The van der Waals surface area contributed by atoms with Crippen molar-refractivity contribution in [3.63, 3.8) is 0 Å². The molecule has 1 aliphatic heterocycles. The van der Waals surface area contributed by atoms with Crippen molar-refractivity contribution in [1.29, 1.82) is 0 Å². The van der Waals surface area contributed by atoms with Crippen LogP contribution in [0.15, 0.2) is 142 Å². The fraction of sp³-hybridized carbons (Fsp3) is 0.261. The molecule has 16 nitrogen and oxygen atoms in total. The largest absolute Gasteiger partial charge is 0.497 e. The minimum absolute atomic E-state index is 0.163. The van der Waals surface area contributed by atoms with Crippen molar-refractivity contribution in [2.24, 2.45) is 0 Å². The summed E-state index contributed by atoms with van der Waals surface area (Å²) in [6, 6.07) is 33.4. The second kappa shape index (κ2) is 18.7. The number of ether oxygens (including phenoxy) is 6. The zero-order valence-corrected chi connectivity index (χ0v) is 35.9. The van der Waals surface area contributed by atoms with Gasteiger partial charge < -0.3 is 28.4 Å². The number of aryl methyl sites for hydroxylation is 1. The van der Waals surface area contributed by atoms with E-state index in [2.05, 4.69) is 0 Å². The van der Waals surface area contributed by atoms with Gasteiger partial charge in [0.15, 0.2) is 0 Å². The van der Waals surface area contributed by atoms with Gasteiger partial charge in [0.1, 0.15) is 47.0 Å². The smallest absolute Gasteiger partial charge is 0.333 e. The molecule has 0 spiro atoms. The van der Waals surface area contributed by atoms with Crippen LogP contribution in [0.4, 0.5) is 5.69 Å². The predicted octanol–water partition coefficient (Wildman–Crippen LogP) is 6.38. The monoisotopic (exact) mass is 879 g/mol. The summed E-state index contributed by atoms with van der Waals surface area (Å²) in [6.45, 7) is 1.10. The summed E-state index contributed by atoms with van der Waals surface area (Å²) in [6.07, 6.45) is -2.40. The average molecular weight is 880 g/mol. The highest BCUT2D eigenvalue weighted by molar-refractivity contribution is 7.86. The summed E-state index contributed by atoms with van der Waals surface area (Å²) >= 11 is 0. The van der Waals surface area contributed by atoms with E-state index < -0.39 is 50.3 Å². The highest BCUT2D eigenvalue weighted by Gasteiger charge is 2.45. The number of hydrogen-bond donors (Lipinski definition) is 0. The quantitative estimate of drug-likeness (QED) is 0.0426.